The molecule has 1 atom stereocenters. The molecule has 0 radical (unpaired) electrons. The molecule has 0 spiro atoms. The molecule has 1 unspecified atom stereocenters. The van der Waals surface area contributed by atoms with Gasteiger partial charge in [-0.05, 0) is 48.4 Å². The van der Waals surface area contributed by atoms with E-state index in [1.165, 1.54) is 36.4 Å². The summed E-state index contributed by atoms with van der Waals surface area (Å²) in [6.45, 7) is 1.51. The Labute approximate surface area is 199 Å². The van der Waals surface area contributed by atoms with Crippen LogP contribution < -0.4 is 5.32 Å². The zero-order valence-electron chi connectivity index (χ0n) is 18.3. The summed E-state index contributed by atoms with van der Waals surface area (Å²) in [5.41, 5.74) is -3.77. The zero-order valence-corrected chi connectivity index (χ0v) is 18.3. The van der Waals surface area contributed by atoms with E-state index < -0.39 is 52.1 Å². The van der Waals surface area contributed by atoms with Gasteiger partial charge in [0.15, 0.2) is 5.82 Å². The quantitative estimate of drug-likeness (QED) is 0.374. The van der Waals surface area contributed by atoms with Crippen LogP contribution in [0.5, 0.6) is 0 Å². The monoisotopic (exact) mass is 506 g/mol. The summed E-state index contributed by atoms with van der Waals surface area (Å²) in [5.74, 6) is -0.622. The first-order chi connectivity index (χ1) is 16.9. The zero-order chi connectivity index (χ0) is 26.1. The number of nitrogens with one attached hydrogen (secondary N) is 1. The molecular formula is C23H16F6N6O. The van der Waals surface area contributed by atoms with Crippen molar-refractivity contribution < 1.29 is 31.1 Å². The van der Waals surface area contributed by atoms with E-state index in [1.807, 2.05) is 0 Å². The Hall–Kier alpha value is -4.29. The number of benzene rings is 2. The molecule has 0 saturated heterocycles. The molecule has 0 bridgehead atoms. The van der Waals surface area contributed by atoms with Crippen molar-refractivity contribution in [3.05, 3.63) is 89.8 Å². The smallest absolute Gasteiger partial charge is 0.342 e. The van der Waals surface area contributed by atoms with Crippen LogP contribution in [0.15, 0.2) is 67.3 Å². The summed E-state index contributed by atoms with van der Waals surface area (Å²) >= 11 is 0. The van der Waals surface area contributed by atoms with Gasteiger partial charge in [0.25, 0.3) is 11.9 Å². The fraction of sp³-hybridized carbons (Fsp3) is 0.174. The first kappa shape index (κ1) is 24.8. The molecule has 0 saturated carbocycles. The highest BCUT2D eigenvalue weighted by molar-refractivity contribution is 5.96. The Balaban J connectivity index is 1.71. The van der Waals surface area contributed by atoms with Gasteiger partial charge in [0, 0.05) is 18.0 Å². The van der Waals surface area contributed by atoms with Crippen molar-refractivity contribution in [2.45, 2.75) is 25.3 Å². The van der Waals surface area contributed by atoms with Crippen molar-refractivity contribution in [2.24, 2.45) is 0 Å². The van der Waals surface area contributed by atoms with Crippen molar-refractivity contribution >= 4 is 5.91 Å². The molecular weight excluding hydrogens is 490 g/mol. The average Bonchev–Trinajstić information content (AvgIpc) is 3.33. The minimum Gasteiger partial charge on any atom is -0.342 e. The Bertz CT molecular complexity index is 1380. The lowest BCUT2D eigenvalue weighted by molar-refractivity contribution is -0.137. The second-order valence-corrected chi connectivity index (χ2v) is 7.61. The van der Waals surface area contributed by atoms with E-state index in [0.29, 0.717) is 12.1 Å². The lowest BCUT2D eigenvalue weighted by Crippen LogP contribution is -2.29. The lowest BCUT2D eigenvalue weighted by atomic mass is 9.95. The minimum absolute atomic E-state index is 0.149. The Kier molecular flexibility index (Phi) is 6.48. The van der Waals surface area contributed by atoms with Crippen LogP contribution in [0.1, 0.15) is 40.3 Å². The fourth-order valence-electron chi connectivity index (χ4n) is 3.50. The molecule has 0 aliphatic carbocycles. The summed E-state index contributed by atoms with van der Waals surface area (Å²) in [5, 5.41) is 6.50. The summed E-state index contributed by atoms with van der Waals surface area (Å²) in [6, 6.07) is 7.04. The highest BCUT2D eigenvalue weighted by Gasteiger charge is 2.36. The Morgan fingerprint density at radius 3 is 2.28 bits per heavy atom. The minimum atomic E-state index is -4.91. The highest BCUT2D eigenvalue weighted by Crippen LogP contribution is 2.39. The molecule has 186 valence electrons. The molecule has 7 nitrogen and oxygen atoms in total. The van der Waals surface area contributed by atoms with Gasteiger partial charge in [0.1, 0.15) is 6.33 Å². The molecule has 0 fully saturated rings. The van der Waals surface area contributed by atoms with E-state index in [9.17, 15) is 31.1 Å². The first-order valence-electron chi connectivity index (χ1n) is 10.3. The number of hydrogen-bond donors (Lipinski definition) is 1. The normalized spacial score (nSPS) is 12.9. The number of aromatic nitrogens is 5. The third-order valence-electron chi connectivity index (χ3n) is 5.12. The highest BCUT2D eigenvalue weighted by atomic mass is 19.4. The maximum Gasteiger partial charge on any atom is 0.417 e. The number of halogens is 6. The standard InChI is InChI=1S/C23H16F6N6O/c1-13(19-32-12-33-35(19)21-30-7-4-8-31-21)34-20(36)15-9-14(10-16(11-15)22(24,25)26)17-5-2-3-6-18(17)23(27,28)29/h2-13H,1H3,(H,34,36). The fourth-order valence-corrected chi connectivity index (χ4v) is 3.50. The van der Waals surface area contributed by atoms with Crippen molar-refractivity contribution in [3.8, 4) is 17.1 Å². The Morgan fingerprint density at radius 2 is 1.61 bits per heavy atom. The van der Waals surface area contributed by atoms with Crippen LogP contribution in [0.3, 0.4) is 0 Å². The van der Waals surface area contributed by atoms with E-state index in [1.54, 1.807) is 6.07 Å². The van der Waals surface area contributed by atoms with E-state index in [2.05, 4.69) is 25.4 Å². The third kappa shape index (κ3) is 5.19. The summed E-state index contributed by atoms with van der Waals surface area (Å²) in [7, 11) is 0. The van der Waals surface area contributed by atoms with E-state index in [4.69, 9.17) is 0 Å². The molecule has 0 aliphatic rings. The molecule has 0 aliphatic heterocycles. The van der Waals surface area contributed by atoms with Gasteiger partial charge in [-0.2, -0.15) is 36.1 Å². The SMILES string of the molecule is CC(NC(=O)c1cc(-c2ccccc2C(F)(F)F)cc(C(F)(F)F)c1)c1ncnn1-c1ncccn1. The number of rotatable bonds is 5. The van der Waals surface area contributed by atoms with Crippen LogP contribution in [-0.4, -0.2) is 30.6 Å². The van der Waals surface area contributed by atoms with Crippen LogP contribution >= 0.6 is 0 Å². The molecule has 4 aromatic rings. The molecule has 36 heavy (non-hydrogen) atoms. The lowest BCUT2D eigenvalue weighted by Gasteiger charge is -2.17. The van der Waals surface area contributed by atoms with Crippen LogP contribution in [0.4, 0.5) is 26.3 Å². The number of alkyl halides is 6. The molecule has 4 rings (SSSR count). The van der Waals surface area contributed by atoms with Gasteiger partial charge < -0.3 is 5.32 Å². The van der Waals surface area contributed by atoms with Crippen molar-refractivity contribution in [1.29, 1.82) is 0 Å². The van der Waals surface area contributed by atoms with E-state index in [0.717, 1.165) is 24.3 Å². The molecule has 13 heteroatoms. The molecule has 2 aromatic heterocycles. The van der Waals surface area contributed by atoms with Crippen LogP contribution in [0, 0.1) is 0 Å². The Morgan fingerprint density at radius 1 is 0.917 bits per heavy atom. The van der Waals surface area contributed by atoms with Crippen LogP contribution in [-0.2, 0) is 12.4 Å². The molecule has 2 heterocycles. The second kappa shape index (κ2) is 9.40. The van der Waals surface area contributed by atoms with Gasteiger partial charge in [-0.3, -0.25) is 4.79 Å². The van der Waals surface area contributed by atoms with Gasteiger partial charge in [-0.25, -0.2) is 15.0 Å². The van der Waals surface area contributed by atoms with Gasteiger partial charge in [-0.15, -0.1) is 0 Å². The van der Waals surface area contributed by atoms with E-state index >= 15 is 0 Å². The number of carbonyl (C=O) groups is 1. The van der Waals surface area contributed by atoms with Gasteiger partial charge in [-0.1, -0.05) is 18.2 Å². The topological polar surface area (TPSA) is 85.6 Å². The summed E-state index contributed by atoms with van der Waals surface area (Å²) in [6.07, 6.45) is -5.62. The van der Waals surface area contributed by atoms with Gasteiger partial charge >= 0.3 is 12.4 Å². The number of carbonyl (C=O) groups excluding carboxylic acids is 1. The van der Waals surface area contributed by atoms with Gasteiger partial charge in [0.2, 0.25) is 0 Å². The number of nitrogens with zero attached hydrogens (tertiary/aromatic N) is 5. The average molecular weight is 506 g/mol. The molecule has 2 aromatic carbocycles. The van der Waals surface area contributed by atoms with E-state index in [-0.39, 0.29) is 11.8 Å². The van der Waals surface area contributed by atoms with Crippen LogP contribution in [0.25, 0.3) is 17.1 Å². The third-order valence-corrected chi connectivity index (χ3v) is 5.12. The number of hydrogen-bond acceptors (Lipinski definition) is 5. The van der Waals surface area contributed by atoms with Crippen molar-refractivity contribution in [1.82, 2.24) is 30.0 Å². The maximum atomic E-state index is 13.6. The molecule has 1 amide bonds. The second-order valence-electron chi connectivity index (χ2n) is 7.61. The summed E-state index contributed by atoms with van der Waals surface area (Å²) in [4.78, 5) is 25.1. The predicted octanol–water partition coefficient (Wildman–Crippen LogP) is 5.25. The molecule has 1 N–H and O–H groups in total. The van der Waals surface area contributed by atoms with Crippen molar-refractivity contribution in [2.75, 3.05) is 0 Å². The predicted molar refractivity (Wildman–Crippen MR) is 115 cm³/mol. The number of amides is 1. The van der Waals surface area contributed by atoms with Crippen LogP contribution in [0.2, 0.25) is 0 Å². The van der Waals surface area contributed by atoms with Gasteiger partial charge in [0.05, 0.1) is 17.2 Å². The maximum absolute atomic E-state index is 13.6. The first-order valence-corrected chi connectivity index (χ1v) is 10.3. The summed E-state index contributed by atoms with van der Waals surface area (Å²) < 4.78 is 82.6. The largest absolute Gasteiger partial charge is 0.417 e. The van der Waals surface area contributed by atoms with Crippen molar-refractivity contribution in [3.63, 3.8) is 0 Å².